The fourth-order valence-corrected chi connectivity index (χ4v) is 2.06. The lowest BCUT2D eigenvalue weighted by atomic mass is 10.1. The molecule has 1 atom stereocenters. The van der Waals surface area contributed by atoms with Gasteiger partial charge in [0, 0.05) is 12.6 Å². The maximum absolute atomic E-state index is 12.1. The standard InChI is InChI=1S/C16H19N3O3/c1-10(12-4-3-5-14(6-12)19-11(2)20)18-16(21)13-7-15(8-17)22-9-13/h3-7,9-10H,8,17H2,1-2H3,(H,18,21)(H,19,20). The highest BCUT2D eigenvalue weighted by Gasteiger charge is 2.14. The summed E-state index contributed by atoms with van der Waals surface area (Å²) in [6.45, 7) is 3.57. The third-order valence-corrected chi connectivity index (χ3v) is 3.17. The van der Waals surface area contributed by atoms with Crippen molar-refractivity contribution < 1.29 is 14.0 Å². The van der Waals surface area contributed by atoms with Gasteiger partial charge in [-0.3, -0.25) is 9.59 Å². The Balaban J connectivity index is 2.06. The van der Waals surface area contributed by atoms with Crippen LogP contribution in [0.5, 0.6) is 0 Å². The first kappa shape index (κ1) is 15.8. The Morgan fingerprint density at radius 3 is 2.73 bits per heavy atom. The first-order valence-electron chi connectivity index (χ1n) is 6.95. The van der Waals surface area contributed by atoms with E-state index in [-0.39, 0.29) is 24.4 Å². The van der Waals surface area contributed by atoms with Crippen LogP contribution >= 0.6 is 0 Å². The number of hydrogen-bond acceptors (Lipinski definition) is 4. The van der Waals surface area contributed by atoms with Crippen LogP contribution in [0.1, 0.15) is 41.6 Å². The van der Waals surface area contributed by atoms with Gasteiger partial charge in [0.05, 0.1) is 18.2 Å². The highest BCUT2D eigenvalue weighted by Crippen LogP contribution is 2.18. The van der Waals surface area contributed by atoms with Crippen molar-refractivity contribution in [3.63, 3.8) is 0 Å². The van der Waals surface area contributed by atoms with Crippen LogP contribution in [0.3, 0.4) is 0 Å². The zero-order chi connectivity index (χ0) is 16.1. The van der Waals surface area contributed by atoms with Crippen LogP contribution in [0.25, 0.3) is 0 Å². The van der Waals surface area contributed by atoms with Crippen molar-refractivity contribution in [2.45, 2.75) is 26.4 Å². The van der Waals surface area contributed by atoms with Crippen molar-refractivity contribution in [1.82, 2.24) is 5.32 Å². The molecule has 6 heteroatoms. The van der Waals surface area contributed by atoms with Crippen LogP contribution in [0.2, 0.25) is 0 Å². The van der Waals surface area contributed by atoms with Crippen molar-refractivity contribution >= 4 is 17.5 Å². The highest BCUT2D eigenvalue weighted by atomic mass is 16.3. The molecule has 1 heterocycles. The van der Waals surface area contributed by atoms with Gasteiger partial charge in [0.1, 0.15) is 12.0 Å². The summed E-state index contributed by atoms with van der Waals surface area (Å²) in [5, 5.41) is 5.59. The van der Waals surface area contributed by atoms with Crippen LogP contribution in [0, 0.1) is 0 Å². The number of carbonyl (C=O) groups is 2. The Morgan fingerprint density at radius 1 is 1.32 bits per heavy atom. The van der Waals surface area contributed by atoms with E-state index in [2.05, 4.69) is 10.6 Å². The molecule has 0 saturated heterocycles. The first-order valence-corrected chi connectivity index (χ1v) is 6.95. The average molecular weight is 301 g/mol. The topological polar surface area (TPSA) is 97.4 Å². The number of benzene rings is 1. The van der Waals surface area contributed by atoms with Crippen molar-refractivity contribution in [3.8, 4) is 0 Å². The summed E-state index contributed by atoms with van der Waals surface area (Å²) < 4.78 is 5.15. The third kappa shape index (κ3) is 3.95. The molecule has 0 aliphatic heterocycles. The van der Waals surface area contributed by atoms with Crippen LogP contribution in [0.4, 0.5) is 5.69 Å². The number of nitrogens with two attached hydrogens (primary N) is 1. The number of furan rings is 1. The summed E-state index contributed by atoms with van der Waals surface area (Å²) in [6, 6.07) is 8.74. The maximum Gasteiger partial charge on any atom is 0.255 e. The van der Waals surface area contributed by atoms with Gasteiger partial charge in [-0.2, -0.15) is 0 Å². The zero-order valence-corrected chi connectivity index (χ0v) is 12.6. The molecule has 0 saturated carbocycles. The van der Waals surface area contributed by atoms with E-state index in [1.807, 2.05) is 25.1 Å². The molecule has 0 bridgehead atoms. The Labute approximate surface area is 128 Å². The molecule has 1 unspecified atom stereocenters. The highest BCUT2D eigenvalue weighted by molar-refractivity contribution is 5.94. The summed E-state index contributed by atoms with van der Waals surface area (Å²) in [6.07, 6.45) is 1.39. The molecule has 0 aliphatic carbocycles. The van der Waals surface area contributed by atoms with Crippen LogP contribution in [-0.2, 0) is 11.3 Å². The van der Waals surface area contributed by atoms with Crippen molar-refractivity contribution in [1.29, 1.82) is 0 Å². The van der Waals surface area contributed by atoms with Crippen LogP contribution in [0.15, 0.2) is 41.0 Å². The molecule has 2 rings (SSSR count). The Morgan fingerprint density at radius 2 is 2.09 bits per heavy atom. The minimum absolute atomic E-state index is 0.137. The van der Waals surface area contributed by atoms with Gasteiger partial charge >= 0.3 is 0 Å². The van der Waals surface area contributed by atoms with Crippen LogP contribution < -0.4 is 16.4 Å². The summed E-state index contributed by atoms with van der Waals surface area (Å²) in [5.74, 6) is 0.188. The molecule has 2 amide bonds. The first-order chi connectivity index (χ1) is 10.5. The summed E-state index contributed by atoms with van der Waals surface area (Å²) in [7, 11) is 0. The van der Waals surface area contributed by atoms with Gasteiger partial charge in [-0.1, -0.05) is 12.1 Å². The fraction of sp³-hybridized carbons (Fsp3) is 0.250. The van der Waals surface area contributed by atoms with E-state index in [1.165, 1.54) is 13.2 Å². The second kappa shape index (κ2) is 6.91. The van der Waals surface area contributed by atoms with E-state index in [1.54, 1.807) is 12.1 Å². The lowest BCUT2D eigenvalue weighted by Gasteiger charge is -2.15. The zero-order valence-electron chi connectivity index (χ0n) is 12.6. The minimum Gasteiger partial charge on any atom is -0.467 e. The van der Waals surface area contributed by atoms with E-state index in [0.29, 0.717) is 17.0 Å². The fourth-order valence-electron chi connectivity index (χ4n) is 2.06. The molecule has 116 valence electrons. The smallest absolute Gasteiger partial charge is 0.255 e. The predicted octanol–water partition coefficient (Wildman–Crippen LogP) is 2.19. The molecule has 0 aliphatic rings. The van der Waals surface area contributed by atoms with E-state index >= 15 is 0 Å². The van der Waals surface area contributed by atoms with Gasteiger partial charge in [-0.25, -0.2) is 0 Å². The van der Waals surface area contributed by atoms with E-state index in [4.69, 9.17) is 10.2 Å². The van der Waals surface area contributed by atoms with Gasteiger partial charge in [0.25, 0.3) is 5.91 Å². The molecule has 1 aromatic carbocycles. The van der Waals surface area contributed by atoms with Crippen molar-refractivity contribution in [2.75, 3.05) is 5.32 Å². The molecule has 4 N–H and O–H groups in total. The lowest BCUT2D eigenvalue weighted by Crippen LogP contribution is -2.26. The molecular formula is C16H19N3O3. The summed E-state index contributed by atoms with van der Waals surface area (Å²) in [4.78, 5) is 23.2. The van der Waals surface area contributed by atoms with Gasteiger partial charge < -0.3 is 20.8 Å². The monoisotopic (exact) mass is 301 g/mol. The van der Waals surface area contributed by atoms with Crippen molar-refractivity contribution in [2.24, 2.45) is 5.73 Å². The second-order valence-corrected chi connectivity index (χ2v) is 5.01. The molecular weight excluding hydrogens is 282 g/mol. The SMILES string of the molecule is CC(=O)Nc1cccc(C(C)NC(=O)c2coc(CN)c2)c1. The molecule has 6 nitrogen and oxygen atoms in total. The number of amides is 2. The van der Waals surface area contributed by atoms with Gasteiger partial charge in [0.2, 0.25) is 5.91 Å². The Bertz CT molecular complexity index is 679. The Kier molecular flexibility index (Phi) is 4.95. The lowest BCUT2D eigenvalue weighted by molar-refractivity contribution is -0.114. The quantitative estimate of drug-likeness (QED) is 0.788. The number of rotatable bonds is 5. The normalized spacial score (nSPS) is 11.8. The van der Waals surface area contributed by atoms with Crippen LogP contribution in [-0.4, -0.2) is 11.8 Å². The maximum atomic E-state index is 12.1. The molecule has 0 radical (unpaired) electrons. The number of anilines is 1. The predicted molar refractivity (Wildman–Crippen MR) is 83.2 cm³/mol. The van der Waals surface area contributed by atoms with Gasteiger partial charge in [0.15, 0.2) is 0 Å². The largest absolute Gasteiger partial charge is 0.467 e. The van der Waals surface area contributed by atoms with E-state index < -0.39 is 0 Å². The number of nitrogens with one attached hydrogen (secondary N) is 2. The summed E-state index contributed by atoms with van der Waals surface area (Å²) >= 11 is 0. The molecule has 1 aromatic heterocycles. The second-order valence-electron chi connectivity index (χ2n) is 5.01. The minimum atomic E-state index is -0.235. The molecule has 2 aromatic rings. The van der Waals surface area contributed by atoms with Gasteiger partial charge in [-0.05, 0) is 30.7 Å². The van der Waals surface area contributed by atoms with E-state index in [9.17, 15) is 9.59 Å². The van der Waals surface area contributed by atoms with Crippen molar-refractivity contribution in [3.05, 3.63) is 53.5 Å². The Hall–Kier alpha value is -2.60. The molecule has 22 heavy (non-hydrogen) atoms. The number of carbonyl (C=O) groups excluding carboxylic acids is 2. The summed E-state index contributed by atoms with van der Waals surface area (Å²) in [5.41, 5.74) is 7.47. The van der Waals surface area contributed by atoms with E-state index in [0.717, 1.165) is 5.56 Å². The third-order valence-electron chi connectivity index (χ3n) is 3.17. The average Bonchev–Trinajstić information content (AvgIpc) is 2.95. The van der Waals surface area contributed by atoms with Gasteiger partial charge in [-0.15, -0.1) is 0 Å². The molecule has 0 fully saturated rings. The molecule has 0 spiro atoms. The number of hydrogen-bond donors (Lipinski definition) is 3.